The molecule has 88 valence electrons. The van der Waals surface area contributed by atoms with E-state index in [4.69, 9.17) is 4.74 Å². The van der Waals surface area contributed by atoms with E-state index in [1.165, 1.54) is 5.56 Å². The molecule has 0 spiro atoms. The van der Waals surface area contributed by atoms with E-state index in [0.29, 0.717) is 6.04 Å². The molecule has 2 rings (SSSR count). The number of aliphatic hydroxyl groups is 1. The summed E-state index contributed by atoms with van der Waals surface area (Å²) in [4.78, 5) is 0. The largest absolute Gasteiger partial charge is 0.493 e. The molecule has 1 aliphatic rings. The van der Waals surface area contributed by atoms with Gasteiger partial charge in [-0.2, -0.15) is 0 Å². The monoisotopic (exact) mass is 221 g/mol. The SMILES string of the molecule is CCC(CO)NC1CCOc2ccccc21. The predicted octanol–water partition coefficient (Wildman–Crippen LogP) is 1.87. The Bertz CT molecular complexity index is 336. The fourth-order valence-corrected chi connectivity index (χ4v) is 2.10. The first-order valence-corrected chi connectivity index (χ1v) is 5.93. The van der Waals surface area contributed by atoms with E-state index in [-0.39, 0.29) is 12.6 Å². The number of hydrogen-bond acceptors (Lipinski definition) is 3. The lowest BCUT2D eigenvalue weighted by Crippen LogP contribution is -2.37. The lowest BCUT2D eigenvalue weighted by Gasteiger charge is -2.29. The average Bonchev–Trinajstić information content (AvgIpc) is 2.36. The van der Waals surface area contributed by atoms with Crippen molar-refractivity contribution in [3.8, 4) is 5.75 Å². The second-order valence-electron chi connectivity index (χ2n) is 4.18. The van der Waals surface area contributed by atoms with Crippen molar-refractivity contribution in [2.75, 3.05) is 13.2 Å². The molecule has 0 amide bonds. The third-order valence-electron chi connectivity index (χ3n) is 3.11. The summed E-state index contributed by atoms with van der Waals surface area (Å²) in [7, 11) is 0. The summed E-state index contributed by atoms with van der Waals surface area (Å²) < 4.78 is 5.60. The molecule has 0 aromatic heterocycles. The fraction of sp³-hybridized carbons (Fsp3) is 0.538. The van der Waals surface area contributed by atoms with E-state index in [1.807, 2.05) is 18.2 Å². The van der Waals surface area contributed by atoms with Gasteiger partial charge in [-0.3, -0.25) is 0 Å². The van der Waals surface area contributed by atoms with Crippen molar-refractivity contribution in [2.45, 2.75) is 31.8 Å². The molecule has 0 fully saturated rings. The van der Waals surface area contributed by atoms with Crippen molar-refractivity contribution in [3.05, 3.63) is 29.8 Å². The summed E-state index contributed by atoms with van der Waals surface area (Å²) >= 11 is 0. The number of aliphatic hydroxyl groups excluding tert-OH is 1. The van der Waals surface area contributed by atoms with Crippen molar-refractivity contribution in [3.63, 3.8) is 0 Å². The Morgan fingerprint density at radius 1 is 1.50 bits per heavy atom. The van der Waals surface area contributed by atoms with Crippen molar-refractivity contribution < 1.29 is 9.84 Å². The Balaban J connectivity index is 2.12. The smallest absolute Gasteiger partial charge is 0.124 e. The zero-order chi connectivity index (χ0) is 11.4. The molecule has 1 aliphatic heterocycles. The standard InChI is InChI=1S/C13H19NO2/c1-2-10(9-15)14-12-7-8-16-13-6-4-3-5-11(12)13/h3-6,10,12,14-15H,2,7-9H2,1H3. The number of hydrogen-bond donors (Lipinski definition) is 2. The lowest BCUT2D eigenvalue weighted by molar-refractivity contribution is 0.201. The summed E-state index contributed by atoms with van der Waals surface area (Å²) in [5, 5.41) is 12.7. The number of fused-ring (bicyclic) bond motifs is 1. The van der Waals surface area contributed by atoms with Crippen LogP contribution in [-0.4, -0.2) is 24.4 Å². The van der Waals surface area contributed by atoms with Crippen molar-refractivity contribution in [1.82, 2.24) is 5.32 Å². The molecule has 2 unspecified atom stereocenters. The van der Waals surface area contributed by atoms with Crippen LogP contribution in [0.3, 0.4) is 0 Å². The van der Waals surface area contributed by atoms with Gasteiger partial charge in [-0.25, -0.2) is 0 Å². The summed E-state index contributed by atoms with van der Waals surface area (Å²) in [6, 6.07) is 8.60. The Morgan fingerprint density at radius 2 is 2.31 bits per heavy atom. The van der Waals surface area contributed by atoms with Gasteiger partial charge in [-0.05, 0) is 12.5 Å². The van der Waals surface area contributed by atoms with E-state index >= 15 is 0 Å². The van der Waals surface area contributed by atoms with Crippen LogP contribution >= 0.6 is 0 Å². The van der Waals surface area contributed by atoms with E-state index in [0.717, 1.165) is 25.2 Å². The highest BCUT2D eigenvalue weighted by Crippen LogP contribution is 2.31. The number of benzene rings is 1. The third-order valence-corrected chi connectivity index (χ3v) is 3.11. The molecule has 0 saturated heterocycles. The first-order chi connectivity index (χ1) is 7.85. The molecule has 0 radical (unpaired) electrons. The number of rotatable bonds is 4. The van der Waals surface area contributed by atoms with Gasteiger partial charge >= 0.3 is 0 Å². The maximum Gasteiger partial charge on any atom is 0.124 e. The molecule has 2 atom stereocenters. The zero-order valence-electron chi connectivity index (χ0n) is 9.65. The minimum absolute atomic E-state index is 0.177. The van der Waals surface area contributed by atoms with Crippen LogP contribution in [0.1, 0.15) is 31.4 Å². The van der Waals surface area contributed by atoms with E-state index in [1.54, 1.807) is 0 Å². The van der Waals surface area contributed by atoms with Gasteiger partial charge in [0.05, 0.1) is 13.2 Å². The Hall–Kier alpha value is -1.06. The normalized spacial score (nSPS) is 21.0. The van der Waals surface area contributed by atoms with Crippen LogP contribution in [0.4, 0.5) is 0 Å². The highest BCUT2D eigenvalue weighted by atomic mass is 16.5. The minimum atomic E-state index is 0.177. The van der Waals surface area contributed by atoms with Gasteiger partial charge < -0.3 is 15.2 Å². The number of nitrogens with one attached hydrogen (secondary N) is 1. The quantitative estimate of drug-likeness (QED) is 0.815. The van der Waals surface area contributed by atoms with Gasteiger partial charge in [0.15, 0.2) is 0 Å². The molecular formula is C13H19NO2. The highest BCUT2D eigenvalue weighted by molar-refractivity contribution is 5.37. The van der Waals surface area contributed by atoms with Crippen LogP contribution in [0, 0.1) is 0 Å². The van der Waals surface area contributed by atoms with Gasteiger partial charge in [0.25, 0.3) is 0 Å². The second kappa shape index (κ2) is 5.32. The molecule has 16 heavy (non-hydrogen) atoms. The summed E-state index contributed by atoms with van der Waals surface area (Å²) in [5.74, 6) is 0.971. The van der Waals surface area contributed by atoms with Gasteiger partial charge in [0.1, 0.15) is 5.75 Å². The molecular weight excluding hydrogens is 202 g/mol. The lowest BCUT2D eigenvalue weighted by atomic mass is 9.99. The summed E-state index contributed by atoms with van der Waals surface area (Å²) in [6.07, 6.45) is 1.91. The van der Waals surface area contributed by atoms with Crippen LogP contribution in [0.15, 0.2) is 24.3 Å². The van der Waals surface area contributed by atoms with Crippen LogP contribution in [0.2, 0.25) is 0 Å². The predicted molar refractivity (Wildman–Crippen MR) is 63.6 cm³/mol. The summed E-state index contributed by atoms with van der Waals surface area (Å²) in [6.45, 7) is 3.02. The first kappa shape index (κ1) is 11.4. The Labute approximate surface area is 96.4 Å². The van der Waals surface area contributed by atoms with Crippen molar-refractivity contribution in [2.24, 2.45) is 0 Å². The topological polar surface area (TPSA) is 41.5 Å². The van der Waals surface area contributed by atoms with Crippen LogP contribution in [-0.2, 0) is 0 Å². The van der Waals surface area contributed by atoms with Crippen LogP contribution in [0.25, 0.3) is 0 Å². The van der Waals surface area contributed by atoms with Crippen LogP contribution in [0.5, 0.6) is 5.75 Å². The Morgan fingerprint density at radius 3 is 3.06 bits per heavy atom. The van der Waals surface area contributed by atoms with Gasteiger partial charge in [-0.1, -0.05) is 25.1 Å². The molecule has 0 aliphatic carbocycles. The van der Waals surface area contributed by atoms with Gasteiger partial charge in [0, 0.05) is 24.1 Å². The average molecular weight is 221 g/mol. The van der Waals surface area contributed by atoms with E-state index < -0.39 is 0 Å². The molecule has 0 saturated carbocycles. The van der Waals surface area contributed by atoms with Gasteiger partial charge in [0.2, 0.25) is 0 Å². The molecule has 0 bridgehead atoms. The molecule has 1 aromatic rings. The maximum atomic E-state index is 9.21. The maximum absolute atomic E-state index is 9.21. The number of ether oxygens (including phenoxy) is 1. The van der Waals surface area contributed by atoms with E-state index in [2.05, 4.69) is 18.3 Å². The molecule has 3 nitrogen and oxygen atoms in total. The summed E-state index contributed by atoms with van der Waals surface area (Å²) in [5.41, 5.74) is 1.21. The molecule has 2 N–H and O–H groups in total. The fourth-order valence-electron chi connectivity index (χ4n) is 2.10. The van der Waals surface area contributed by atoms with E-state index in [9.17, 15) is 5.11 Å². The van der Waals surface area contributed by atoms with Gasteiger partial charge in [-0.15, -0.1) is 0 Å². The molecule has 1 aromatic carbocycles. The molecule has 3 heteroatoms. The van der Waals surface area contributed by atoms with Crippen LogP contribution < -0.4 is 10.1 Å². The zero-order valence-corrected chi connectivity index (χ0v) is 9.65. The first-order valence-electron chi connectivity index (χ1n) is 5.93. The third kappa shape index (κ3) is 2.36. The number of para-hydroxylation sites is 1. The second-order valence-corrected chi connectivity index (χ2v) is 4.18. The molecule has 1 heterocycles. The highest BCUT2D eigenvalue weighted by Gasteiger charge is 2.22. The van der Waals surface area contributed by atoms with Crippen molar-refractivity contribution in [1.29, 1.82) is 0 Å². The van der Waals surface area contributed by atoms with Crippen molar-refractivity contribution >= 4 is 0 Å². The Kier molecular flexibility index (Phi) is 3.80. The minimum Gasteiger partial charge on any atom is -0.493 e.